The molecular formula is C6H8N4O. The molecule has 0 fully saturated rings. The number of amides is 1. The molecule has 0 spiro atoms. The molecule has 0 aliphatic carbocycles. The van der Waals surface area contributed by atoms with Crippen molar-refractivity contribution in [3.05, 3.63) is 11.4 Å². The van der Waals surface area contributed by atoms with Gasteiger partial charge in [0.15, 0.2) is 0 Å². The van der Waals surface area contributed by atoms with Crippen molar-refractivity contribution < 1.29 is 4.79 Å². The molecule has 1 amide bonds. The van der Waals surface area contributed by atoms with Gasteiger partial charge >= 0.3 is 0 Å². The van der Waals surface area contributed by atoms with E-state index >= 15 is 0 Å². The molecule has 0 saturated carbocycles. The zero-order valence-electron chi connectivity index (χ0n) is 5.95. The van der Waals surface area contributed by atoms with Gasteiger partial charge in [-0.3, -0.25) is 4.79 Å². The second-order valence-electron chi connectivity index (χ2n) is 2.54. The molecule has 58 valence electrons. The second kappa shape index (κ2) is 2.34. The van der Waals surface area contributed by atoms with Crippen LogP contribution >= 0.6 is 0 Å². The summed E-state index contributed by atoms with van der Waals surface area (Å²) in [5.41, 5.74) is 1.88. The number of hydrogen-bond acceptors (Lipinski definition) is 3. The Hall–Kier alpha value is -1.39. The lowest BCUT2D eigenvalue weighted by atomic mass is 10.2. The largest absolute Gasteiger partial charge is 0.339 e. The van der Waals surface area contributed by atoms with Crippen LogP contribution in [0, 0.1) is 0 Å². The maximum absolute atomic E-state index is 10.4. The molecule has 11 heavy (non-hydrogen) atoms. The van der Waals surface area contributed by atoms with Gasteiger partial charge in [-0.15, -0.1) is 0 Å². The quantitative estimate of drug-likeness (QED) is 0.542. The molecule has 5 nitrogen and oxygen atoms in total. The van der Waals surface area contributed by atoms with Crippen molar-refractivity contribution in [1.82, 2.24) is 20.3 Å². The first kappa shape index (κ1) is 6.33. The predicted octanol–water partition coefficient (Wildman–Crippen LogP) is -0.681. The highest BCUT2D eigenvalue weighted by molar-refractivity contribution is 5.48. The van der Waals surface area contributed by atoms with Crippen LogP contribution in [-0.4, -0.2) is 33.3 Å². The number of carbonyl (C=O) groups is 1. The maximum Gasteiger partial charge on any atom is 0.210 e. The van der Waals surface area contributed by atoms with E-state index in [2.05, 4.69) is 15.4 Å². The maximum atomic E-state index is 10.4. The number of carbonyl (C=O) groups excluding carboxylic acids is 1. The van der Waals surface area contributed by atoms with Crippen LogP contribution in [0.4, 0.5) is 0 Å². The van der Waals surface area contributed by atoms with Gasteiger partial charge in [0.05, 0.1) is 12.2 Å². The normalized spacial score (nSPS) is 16.2. The first-order valence-electron chi connectivity index (χ1n) is 3.48. The van der Waals surface area contributed by atoms with Gasteiger partial charge in [-0.05, 0) is 0 Å². The van der Waals surface area contributed by atoms with E-state index in [1.807, 2.05) is 0 Å². The predicted molar refractivity (Wildman–Crippen MR) is 36.6 cm³/mol. The summed E-state index contributed by atoms with van der Waals surface area (Å²) in [5.74, 6) is 0. The number of aromatic amines is 1. The summed E-state index contributed by atoms with van der Waals surface area (Å²) in [6.07, 6.45) is 1.65. The van der Waals surface area contributed by atoms with E-state index in [4.69, 9.17) is 0 Å². The number of aromatic nitrogens is 3. The Labute approximate surface area is 63.4 Å². The Morgan fingerprint density at radius 1 is 1.45 bits per heavy atom. The van der Waals surface area contributed by atoms with E-state index in [0.29, 0.717) is 6.54 Å². The topological polar surface area (TPSA) is 61.9 Å². The average molecular weight is 152 g/mol. The van der Waals surface area contributed by atoms with Crippen molar-refractivity contribution in [2.24, 2.45) is 0 Å². The Morgan fingerprint density at radius 2 is 2.27 bits per heavy atom. The molecule has 1 aliphatic rings. The fraction of sp³-hybridized carbons (Fsp3) is 0.500. The highest BCUT2D eigenvalue weighted by Gasteiger charge is 2.17. The molecule has 1 aromatic rings. The van der Waals surface area contributed by atoms with Crippen LogP contribution in [0.2, 0.25) is 0 Å². The third-order valence-corrected chi connectivity index (χ3v) is 1.84. The van der Waals surface area contributed by atoms with Crippen LogP contribution in [0.25, 0.3) is 0 Å². The summed E-state index contributed by atoms with van der Waals surface area (Å²) in [7, 11) is 0. The zero-order chi connectivity index (χ0) is 7.68. The van der Waals surface area contributed by atoms with E-state index in [1.165, 1.54) is 0 Å². The molecule has 2 heterocycles. The van der Waals surface area contributed by atoms with Crippen LogP contribution in [0.5, 0.6) is 0 Å². The van der Waals surface area contributed by atoms with Gasteiger partial charge in [0.2, 0.25) is 6.41 Å². The number of nitrogens with zero attached hydrogens (tertiary/aromatic N) is 3. The molecule has 0 radical (unpaired) electrons. The Balaban J connectivity index is 2.24. The van der Waals surface area contributed by atoms with Crippen LogP contribution < -0.4 is 0 Å². The van der Waals surface area contributed by atoms with E-state index in [9.17, 15) is 4.79 Å². The molecule has 2 rings (SSSR count). The van der Waals surface area contributed by atoms with Crippen molar-refractivity contribution in [2.75, 3.05) is 6.54 Å². The average Bonchev–Trinajstić information content (AvgIpc) is 2.50. The summed E-state index contributed by atoms with van der Waals surface area (Å²) < 4.78 is 0. The first-order chi connectivity index (χ1) is 5.40. The lowest BCUT2D eigenvalue weighted by Crippen LogP contribution is -2.29. The third kappa shape index (κ3) is 0.978. The van der Waals surface area contributed by atoms with Crippen molar-refractivity contribution >= 4 is 6.41 Å². The Morgan fingerprint density at radius 3 is 3.09 bits per heavy atom. The molecule has 1 N–H and O–H groups in total. The van der Waals surface area contributed by atoms with E-state index < -0.39 is 0 Å². The van der Waals surface area contributed by atoms with Gasteiger partial charge in [0.1, 0.15) is 5.69 Å². The van der Waals surface area contributed by atoms with Crippen LogP contribution in [0.3, 0.4) is 0 Å². The lowest BCUT2D eigenvalue weighted by molar-refractivity contribution is -0.118. The van der Waals surface area contributed by atoms with Crippen molar-refractivity contribution in [3.63, 3.8) is 0 Å². The Bertz CT molecular complexity index is 269. The van der Waals surface area contributed by atoms with Crippen LogP contribution in [0.1, 0.15) is 11.4 Å². The number of nitrogens with one attached hydrogen (secondary N) is 1. The monoisotopic (exact) mass is 152 g/mol. The number of fused-ring (bicyclic) bond motifs is 1. The standard InChI is InChI=1S/C6H8N4O/c11-4-10-2-1-5-6(3-10)8-9-7-5/h4H,1-3H2,(H,7,8,9). The van der Waals surface area contributed by atoms with Gasteiger partial charge in [0.25, 0.3) is 0 Å². The summed E-state index contributed by atoms with van der Waals surface area (Å²) in [6.45, 7) is 1.35. The molecule has 1 aliphatic heterocycles. The molecular weight excluding hydrogens is 144 g/mol. The highest BCUT2D eigenvalue weighted by atomic mass is 16.1. The van der Waals surface area contributed by atoms with E-state index in [0.717, 1.165) is 30.8 Å². The summed E-state index contributed by atoms with van der Waals surface area (Å²) in [5, 5.41) is 10.4. The smallest absolute Gasteiger partial charge is 0.210 e. The summed E-state index contributed by atoms with van der Waals surface area (Å²) >= 11 is 0. The van der Waals surface area contributed by atoms with Gasteiger partial charge in [-0.25, -0.2) is 0 Å². The molecule has 0 unspecified atom stereocenters. The highest BCUT2D eigenvalue weighted by Crippen LogP contribution is 2.11. The van der Waals surface area contributed by atoms with Gasteiger partial charge in [0, 0.05) is 13.0 Å². The minimum Gasteiger partial charge on any atom is -0.339 e. The first-order valence-corrected chi connectivity index (χ1v) is 3.48. The van der Waals surface area contributed by atoms with Gasteiger partial charge < -0.3 is 4.90 Å². The van der Waals surface area contributed by atoms with Gasteiger partial charge in [-0.2, -0.15) is 15.4 Å². The van der Waals surface area contributed by atoms with Crippen LogP contribution in [-0.2, 0) is 17.8 Å². The van der Waals surface area contributed by atoms with E-state index in [1.54, 1.807) is 4.90 Å². The molecule has 1 aromatic heterocycles. The summed E-state index contributed by atoms with van der Waals surface area (Å²) in [4.78, 5) is 12.0. The van der Waals surface area contributed by atoms with Crippen molar-refractivity contribution in [2.45, 2.75) is 13.0 Å². The molecule has 0 bridgehead atoms. The minimum absolute atomic E-state index is 0.593. The molecule has 0 aromatic carbocycles. The number of rotatable bonds is 1. The van der Waals surface area contributed by atoms with Crippen LogP contribution in [0.15, 0.2) is 0 Å². The Kier molecular flexibility index (Phi) is 1.34. The minimum atomic E-state index is 0.593. The van der Waals surface area contributed by atoms with Crippen molar-refractivity contribution in [3.8, 4) is 0 Å². The number of hydrogen-bond donors (Lipinski definition) is 1. The molecule has 0 atom stereocenters. The SMILES string of the molecule is O=CN1CCc2n[nH]nc2C1. The van der Waals surface area contributed by atoms with Gasteiger partial charge in [-0.1, -0.05) is 0 Å². The molecule has 5 heteroatoms. The third-order valence-electron chi connectivity index (χ3n) is 1.84. The zero-order valence-corrected chi connectivity index (χ0v) is 5.95. The van der Waals surface area contributed by atoms with Crippen molar-refractivity contribution in [1.29, 1.82) is 0 Å². The lowest BCUT2D eigenvalue weighted by Gasteiger charge is -2.19. The number of H-pyrrole nitrogens is 1. The second-order valence-corrected chi connectivity index (χ2v) is 2.54. The fourth-order valence-electron chi connectivity index (χ4n) is 1.21. The van der Waals surface area contributed by atoms with E-state index in [-0.39, 0.29) is 0 Å². The fourth-order valence-corrected chi connectivity index (χ4v) is 1.21. The molecule has 0 saturated heterocycles. The summed E-state index contributed by atoms with van der Waals surface area (Å²) in [6, 6.07) is 0.